The smallest absolute Gasteiger partial charge is 0.286 e. The molecule has 0 unspecified atom stereocenters. The minimum Gasteiger partial charge on any atom is -0.493 e. The standard InChI is InChI=1S/C16H23N5O4.ClH/c1-22-13-8-12(9-14(23-2)16(13)24-3)10-19-4-6-20(7-5-19)21-11-15(17)25-18-21;/h8-9,11,17H,4-7,10H2,1-3H3;1H. The lowest BCUT2D eigenvalue weighted by Gasteiger charge is -2.35. The molecule has 0 spiro atoms. The highest BCUT2D eigenvalue weighted by atomic mass is 35.5. The molecule has 1 saturated heterocycles. The first-order valence-corrected chi connectivity index (χ1v) is 8.01. The van der Waals surface area contributed by atoms with Crippen molar-refractivity contribution in [1.82, 2.24) is 10.2 Å². The maximum Gasteiger partial charge on any atom is 0.286 e. The molecule has 0 amide bonds. The fourth-order valence-electron chi connectivity index (χ4n) is 2.96. The van der Waals surface area contributed by atoms with Crippen molar-refractivity contribution in [2.24, 2.45) is 0 Å². The molecule has 0 bridgehead atoms. The van der Waals surface area contributed by atoms with E-state index in [2.05, 4.69) is 10.2 Å². The first-order chi connectivity index (χ1) is 12.1. The Labute approximate surface area is 157 Å². The number of nitrogens with zero attached hydrogens (tertiary/aromatic N) is 4. The van der Waals surface area contributed by atoms with E-state index < -0.39 is 0 Å². The summed E-state index contributed by atoms with van der Waals surface area (Å²) in [7, 11) is 4.84. The molecule has 2 heterocycles. The molecule has 1 N–H and O–H groups in total. The summed E-state index contributed by atoms with van der Waals surface area (Å²) in [6.45, 7) is 4.16. The Morgan fingerprint density at radius 3 is 2.15 bits per heavy atom. The first-order valence-electron chi connectivity index (χ1n) is 8.01. The van der Waals surface area contributed by atoms with Crippen LogP contribution in [0.15, 0.2) is 22.9 Å². The van der Waals surface area contributed by atoms with E-state index in [1.54, 1.807) is 32.3 Å². The summed E-state index contributed by atoms with van der Waals surface area (Å²) in [5, 5.41) is 13.3. The van der Waals surface area contributed by atoms with Crippen LogP contribution in [0.1, 0.15) is 5.56 Å². The van der Waals surface area contributed by atoms with Crippen LogP contribution in [0.5, 0.6) is 17.2 Å². The topological polar surface area (TPSA) is 89.1 Å². The summed E-state index contributed by atoms with van der Waals surface area (Å²) in [5.74, 6) is 1.93. The summed E-state index contributed by atoms with van der Waals surface area (Å²) >= 11 is 0. The Morgan fingerprint density at radius 1 is 1.08 bits per heavy atom. The van der Waals surface area contributed by atoms with Gasteiger partial charge in [-0.1, -0.05) is 4.79 Å². The molecular weight excluding hydrogens is 362 g/mol. The maximum absolute atomic E-state index is 7.41. The number of ether oxygens (including phenoxy) is 3. The third-order valence-corrected chi connectivity index (χ3v) is 4.22. The SMILES string of the molecule is COc1cc(CN2CCN([n+]3cc(=N)o[n-]3)CC2)cc(OC)c1OC.Cl. The summed E-state index contributed by atoms with van der Waals surface area (Å²) in [6.07, 6.45) is 1.56. The van der Waals surface area contributed by atoms with Gasteiger partial charge < -0.3 is 18.7 Å². The Bertz CT molecular complexity index is 745. The quantitative estimate of drug-likeness (QED) is 0.695. The summed E-state index contributed by atoms with van der Waals surface area (Å²) < 4.78 is 21.0. The third-order valence-electron chi connectivity index (χ3n) is 4.22. The van der Waals surface area contributed by atoms with E-state index in [0.717, 1.165) is 38.3 Å². The average Bonchev–Trinajstić information content (AvgIpc) is 3.07. The van der Waals surface area contributed by atoms with Crippen LogP contribution in [0, 0.1) is 5.41 Å². The number of piperazine rings is 1. The van der Waals surface area contributed by atoms with Crippen molar-refractivity contribution in [2.75, 3.05) is 52.5 Å². The van der Waals surface area contributed by atoms with Crippen LogP contribution < -0.4 is 34.8 Å². The van der Waals surface area contributed by atoms with Gasteiger partial charge in [-0.05, 0) is 23.0 Å². The molecule has 0 aliphatic carbocycles. The van der Waals surface area contributed by atoms with Gasteiger partial charge in [0.15, 0.2) is 11.5 Å². The predicted molar refractivity (Wildman–Crippen MR) is 94.7 cm³/mol. The van der Waals surface area contributed by atoms with Gasteiger partial charge in [-0.15, -0.1) is 12.4 Å². The minimum atomic E-state index is 0. The average molecular weight is 386 g/mol. The van der Waals surface area contributed by atoms with Gasteiger partial charge in [0.25, 0.3) is 11.8 Å². The van der Waals surface area contributed by atoms with E-state index in [-0.39, 0.29) is 18.0 Å². The molecule has 9 nitrogen and oxygen atoms in total. The van der Waals surface area contributed by atoms with E-state index in [1.807, 2.05) is 17.1 Å². The fraction of sp³-hybridized carbons (Fsp3) is 0.500. The lowest BCUT2D eigenvalue weighted by atomic mass is 10.1. The van der Waals surface area contributed by atoms with E-state index >= 15 is 0 Å². The van der Waals surface area contributed by atoms with E-state index in [0.29, 0.717) is 17.2 Å². The van der Waals surface area contributed by atoms with Crippen molar-refractivity contribution in [1.29, 1.82) is 5.41 Å². The van der Waals surface area contributed by atoms with Gasteiger partial charge in [0.2, 0.25) is 5.75 Å². The van der Waals surface area contributed by atoms with Gasteiger partial charge in [0.1, 0.15) is 0 Å². The second-order valence-corrected chi connectivity index (χ2v) is 5.75. The zero-order valence-electron chi connectivity index (χ0n) is 15.1. The van der Waals surface area contributed by atoms with Crippen LogP contribution in [0.3, 0.4) is 0 Å². The molecule has 1 aromatic heterocycles. The second-order valence-electron chi connectivity index (χ2n) is 5.75. The molecule has 1 aliphatic heterocycles. The largest absolute Gasteiger partial charge is 0.493 e. The number of hydrogen-bond acceptors (Lipinski definition) is 7. The number of hydrogen-bond donors (Lipinski definition) is 1. The second kappa shape index (κ2) is 8.81. The molecule has 144 valence electrons. The number of rotatable bonds is 6. The van der Waals surface area contributed by atoms with Gasteiger partial charge in [-0.3, -0.25) is 15.3 Å². The Balaban J connectivity index is 0.00000243. The molecule has 0 saturated carbocycles. The predicted octanol–water partition coefficient (Wildman–Crippen LogP) is -0.0948. The van der Waals surface area contributed by atoms with Gasteiger partial charge in [0.05, 0.1) is 21.3 Å². The van der Waals surface area contributed by atoms with Crippen molar-refractivity contribution >= 4 is 12.4 Å². The molecule has 1 fully saturated rings. The molecule has 1 aliphatic rings. The lowest BCUT2D eigenvalue weighted by molar-refractivity contribution is -0.764. The monoisotopic (exact) mass is 385 g/mol. The normalized spacial score (nSPS) is 14.7. The molecular formula is C16H24ClN5O4. The third kappa shape index (κ3) is 4.23. The van der Waals surface area contributed by atoms with Crippen LogP contribution >= 0.6 is 12.4 Å². The molecule has 2 aromatic rings. The Hall–Kier alpha value is -2.39. The van der Waals surface area contributed by atoms with Crippen molar-refractivity contribution < 1.29 is 23.5 Å². The van der Waals surface area contributed by atoms with Gasteiger partial charge in [-0.2, -0.15) is 0 Å². The van der Waals surface area contributed by atoms with Crippen molar-refractivity contribution in [3.05, 3.63) is 29.4 Å². The van der Waals surface area contributed by atoms with Gasteiger partial charge >= 0.3 is 0 Å². The van der Waals surface area contributed by atoms with Gasteiger partial charge in [-0.25, -0.2) is 0 Å². The molecule has 10 heteroatoms. The number of benzene rings is 1. The van der Waals surface area contributed by atoms with Crippen LogP contribution in [-0.4, -0.2) is 52.4 Å². The lowest BCUT2D eigenvalue weighted by Crippen LogP contribution is -2.66. The van der Waals surface area contributed by atoms with Crippen molar-refractivity contribution in [3.63, 3.8) is 0 Å². The molecule has 0 atom stereocenters. The molecule has 1 aromatic carbocycles. The summed E-state index contributed by atoms with van der Waals surface area (Å²) in [4.78, 5) is 3.94. The maximum atomic E-state index is 7.41. The Kier molecular flexibility index (Phi) is 6.76. The van der Waals surface area contributed by atoms with E-state index in [4.69, 9.17) is 24.1 Å². The van der Waals surface area contributed by atoms with Gasteiger partial charge in [0, 0.05) is 32.7 Å². The summed E-state index contributed by atoms with van der Waals surface area (Å²) in [5.41, 5.74) is 1.16. The highest BCUT2D eigenvalue weighted by Crippen LogP contribution is 2.38. The highest BCUT2D eigenvalue weighted by molar-refractivity contribution is 5.85. The molecule has 3 rings (SSSR count). The molecule has 26 heavy (non-hydrogen) atoms. The van der Waals surface area contributed by atoms with Crippen molar-refractivity contribution in [3.8, 4) is 17.2 Å². The number of nitrogens with one attached hydrogen (secondary N) is 1. The van der Waals surface area contributed by atoms with Crippen molar-refractivity contribution in [2.45, 2.75) is 6.54 Å². The van der Waals surface area contributed by atoms with E-state index in [1.165, 1.54) is 0 Å². The van der Waals surface area contributed by atoms with Crippen LogP contribution in [0.2, 0.25) is 0 Å². The zero-order chi connectivity index (χ0) is 17.8. The van der Waals surface area contributed by atoms with Crippen LogP contribution in [-0.2, 0) is 6.54 Å². The van der Waals surface area contributed by atoms with E-state index in [9.17, 15) is 0 Å². The Morgan fingerprint density at radius 2 is 1.69 bits per heavy atom. The highest BCUT2D eigenvalue weighted by Gasteiger charge is 2.20. The zero-order valence-corrected chi connectivity index (χ0v) is 15.9. The molecule has 0 radical (unpaired) electrons. The van der Waals surface area contributed by atoms with Crippen LogP contribution in [0.25, 0.3) is 0 Å². The fourth-order valence-corrected chi connectivity index (χ4v) is 2.96. The number of methoxy groups -OCH3 is 3. The number of halogens is 1. The first kappa shape index (κ1) is 19.9. The summed E-state index contributed by atoms with van der Waals surface area (Å²) in [6, 6.07) is 3.96. The van der Waals surface area contributed by atoms with Crippen LogP contribution in [0.4, 0.5) is 0 Å². The number of aromatic nitrogens is 2. The minimum absolute atomic E-state index is 0.